The van der Waals surface area contributed by atoms with Crippen LogP contribution in [0.25, 0.3) is 0 Å². The Balaban J connectivity index is 1.92. The van der Waals surface area contributed by atoms with E-state index in [1.807, 2.05) is 45.0 Å². The van der Waals surface area contributed by atoms with Gasteiger partial charge in [-0.05, 0) is 44.4 Å². The molecule has 0 fully saturated rings. The van der Waals surface area contributed by atoms with E-state index in [-0.39, 0.29) is 29.0 Å². The van der Waals surface area contributed by atoms with Crippen LogP contribution >= 0.6 is 0 Å². The largest absolute Gasteiger partial charge is 0.352 e. The van der Waals surface area contributed by atoms with Gasteiger partial charge in [0.25, 0.3) is 15.9 Å². The Morgan fingerprint density at radius 3 is 2.26 bits per heavy atom. The molecule has 0 bridgehead atoms. The normalized spacial score (nSPS) is 16.0. The van der Waals surface area contributed by atoms with Crippen LogP contribution in [-0.2, 0) is 26.2 Å². The van der Waals surface area contributed by atoms with Crippen LogP contribution in [0.15, 0.2) is 53.4 Å². The van der Waals surface area contributed by atoms with E-state index in [1.165, 1.54) is 23.1 Å². The van der Waals surface area contributed by atoms with Gasteiger partial charge in [0.15, 0.2) is 0 Å². The number of aryl methyl sites for hydroxylation is 1. The Bertz CT molecular complexity index is 1180. The molecule has 2 atom stereocenters. The van der Waals surface area contributed by atoms with Gasteiger partial charge in [0.2, 0.25) is 11.8 Å². The highest BCUT2D eigenvalue weighted by Crippen LogP contribution is 2.30. The molecule has 0 saturated heterocycles. The molecule has 3 amide bonds. The summed E-state index contributed by atoms with van der Waals surface area (Å²) in [5.41, 5.74) is 1.89. The van der Waals surface area contributed by atoms with Crippen molar-refractivity contribution in [1.29, 1.82) is 0 Å². The molecule has 2 aromatic carbocycles. The second kappa shape index (κ2) is 10.4. The third-order valence-electron chi connectivity index (χ3n) is 6.05. The number of hydrogen-bond donors (Lipinski definition) is 1. The number of sulfonamides is 1. The van der Waals surface area contributed by atoms with Crippen molar-refractivity contribution in [3.05, 3.63) is 65.2 Å². The van der Waals surface area contributed by atoms with E-state index in [1.54, 1.807) is 13.0 Å². The van der Waals surface area contributed by atoms with E-state index in [9.17, 15) is 22.8 Å². The van der Waals surface area contributed by atoms with Crippen molar-refractivity contribution >= 4 is 27.7 Å². The van der Waals surface area contributed by atoms with Crippen molar-refractivity contribution in [2.24, 2.45) is 0 Å². The molecule has 1 heterocycles. The summed E-state index contributed by atoms with van der Waals surface area (Å²) in [4.78, 5) is 40.6. The van der Waals surface area contributed by atoms with Crippen molar-refractivity contribution in [1.82, 2.24) is 14.5 Å². The van der Waals surface area contributed by atoms with Gasteiger partial charge >= 0.3 is 0 Å². The van der Waals surface area contributed by atoms with Gasteiger partial charge in [0.05, 0.1) is 5.56 Å². The molecule has 1 aliphatic heterocycles. The van der Waals surface area contributed by atoms with Gasteiger partial charge in [-0.3, -0.25) is 14.4 Å². The van der Waals surface area contributed by atoms with Gasteiger partial charge in [-0.25, -0.2) is 12.7 Å². The number of amides is 3. The average molecular weight is 486 g/mol. The molecule has 0 aromatic heterocycles. The standard InChI is InChI=1S/C25H31N3O5S/c1-5-18(4)26-24(30)21(6-2)27(15-19-13-11-17(3)12-14-19)23(29)16-28-25(31)20-9-7-8-10-22(20)34(28,32)33/h7-14,18,21H,5-6,15-16H2,1-4H3,(H,26,30). The first-order valence-electron chi connectivity index (χ1n) is 11.4. The Kier molecular flexibility index (Phi) is 7.76. The van der Waals surface area contributed by atoms with Gasteiger partial charge < -0.3 is 10.2 Å². The average Bonchev–Trinajstić information content (AvgIpc) is 3.00. The lowest BCUT2D eigenvalue weighted by Crippen LogP contribution is -2.53. The Morgan fingerprint density at radius 1 is 1.03 bits per heavy atom. The van der Waals surface area contributed by atoms with E-state index >= 15 is 0 Å². The predicted molar refractivity (Wildman–Crippen MR) is 128 cm³/mol. The molecule has 3 rings (SSSR count). The fourth-order valence-electron chi connectivity index (χ4n) is 3.85. The van der Waals surface area contributed by atoms with Crippen LogP contribution in [0.3, 0.4) is 0 Å². The lowest BCUT2D eigenvalue weighted by molar-refractivity contribution is -0.141. The summed E-state index contributed by atoms with van der Waals surface area (Å²) in [6.45, 7) is 7.01. The molecular formula is C25H31N3O5S. The number of nitrogens with one attached hydrogen (secondary N) is 1. The van der Waals surface area contributed by atoms with E-state index in [2.05, 4.69) is 5.32 Å². The maximum absolute atomic E-state index is 13.5. The highest BCUT2D eigenvalue weighted by atomic mass is 32.2. The zero-order valence-corrected chi connectivity index (χ0v) is 20.8. The zero-order valence-electron chi connectivity index (χ0n) is 19.9. The summed E-state index contributed by atoms with van der Waals surface area (Å²) < 4.78 is 26.5. The zero-order chi connectivity index (χ0) is 25.0. The molecule has 2 aromatic rings. The van der Waals surface area contributed by atoms with Crippen LogP contribution in [-0.4, -0.2) is 54.0 Å². The van der Waals surface area contributed by atoms with Crippen LogP contribution in [0.2, 0.25) is 0 Å². The molecule has 1 aliphatic rings. The quantitative estimate of drug-likeness (QED) is 0.588. The summed E-state index contributed by atoms with van der Waals surface area (Å²) >= 11 is 0. The fraction of sp³-hybridized carbons (Fsp3) is 0.400. The van der Waals surface area contributed by atoms with Gasteiger partial charge in [-0.1, -0.05) is 55.8 Å². The maximum atomic E-state index is 13.5. The van der Waals surface area contributed by atoms with Crippen molar-refractivity contribution in [2.45, 2.75) is 64.1 Å². The van der Waals surface area contributed by atoms with Gasteiger partial charge in [-0.2, -0.15) is 0 Å². The first kappa shape index (κ1) is 25.4. The highest BCUT2D eigenvalue weighted by Gasteiger charge is 2.43. The minimum atomic E-state index is -4.14. The van der Waals surface area contributed by atoms with Crippen molar-refractivity contribution in [2.75, 3.05) is 6.54 Å². The van der Waals surface area contributed by atoms with Crippen LogP contribution in [0, 0.1) is 6.92 Å². The molecule has 8 nitrogen and oxygen atoms in total. The molecule has 0 radical (unpaired) electrons. The molecule has 2 unspecified atom stereocenters. The third kappa shape index (κ3) is 5.14. The van der Waals surface area contributed by atoms with Gasteiger partial charge in [0.1, 0.15) is 17.5 Å². The maximum Gasteiger partial charge on any atom is 0.269 e. The van der Waals surface area contributed by atoms with E-state index in [0.29, 0.717) is 10.7 Å². The smallest absolute Gasteiger partial charge is 0.269 e. The minimum Gasteiger partial charge on any atom is -0.352 e. The van der Waals surface area contributed by atoms with E-state index in [0.717, 1.165) is 17.5 Å². The second-order valence-corrected chi connectivity index (χ2v) is 10.4. The molecule has 34 heavy (non-hydrogen) atoms. The third-order valence-corrected chi connectivity index (χ3v) is 7.84. The lowest BCUT2D eigenvalue weighted by Gasteiger charge is -2.32. The first-order valence-corrected chi connectivity index (χ1v) is 12.9. The topological polar surface area (TPSA) is 104 Å². The molecule has 182 valence electrons. The summed E-state index contributed by atoms with van der Waals surface area (Å²) in [6.07, 6.45) is 1.06. The number of hydrogen-bond acceptors (Lipinski definition) is 5. The highest BCUT2D eigenvalue weighted by molar-refractivity contribution is 7.90. The molecule has 1 N–H and O–H groups in total. The van der Waals surface area contributed by atoms with Crippen molar-refractivity contribution in [3.63, 3.8) is 0 Å². The number of carbonyl (C=O) groups is 3. The summed E-state index contributed by atoms with van der Waals surface area (Å²) in [6, 6.07) is 12.5. The second-order valence-electron chi connectivity index (χ2n) is 8.56. The molecular weight excluding hydrogens is 454 g/mol. The number of rotatable bonds is 9. The van der Waals surface area contributed by atoms with E-state index in [4.69, 9.17) is 0 Å². The van der Waals surface area contributed by atoms with Crippen LogP contribution in [0.4, 0.5) is 0 Å². The van der Waals surface area contributed by atoms with Crippen LogP contribution in [0.1, 0.15) is 55.1 Å². The number of carbonyl (C=O) groups excluding carboxylic acids is 3. The SMILES string of the molecule is CCC(C)NC(=O)C(CC)N(Cc1ccc(C)cc1)C(=O)CN1C(=O)c2ccccc2S1(=O)=O. The monoisotopic (exact) mass is 485 g/mol. The summed E-state index contributed by atoms with van der Waals surface area (Å²) in [5, 5.41) is 2.91. The van der Waals surface area contributed by atoms with Gasteiger partial charge in [-0.15, -0.1) is 0 Å². The molecule has 0 aliphatic carbocycles. The molecule has 9 heteroatoms. The predicted octanol–water partition coefficient (Wildman–Crippen LogP) is 2.86. The Hall–Kier alpha value is -3.20. The Labute approximate surface area is 201 Å². The number of fused-ring (bicyclic) bond motifs is 1. The van der Waals surface area contributed by atoms with Crippen LogP contribution < -0.4 is 5.32 Å². The summed E-state index contributed by atoms with van der Waals surface area (Å²) in [7, 11) is -4.14. The lowest BCUT2D eigenvalue weighted by atomic mass is 10.1. The molecule has 0 spiro atoms. The van der Waals surface area contributed by atoms with Crippen molar-refractivity contribution in [3.8, 4) is 0 Å². The minimum absolute atomic E-state index is 0.0435. The molecule has 0 saturated carbocycles. The first-order chi connectivity index (χ1) is 16.1. The van der Waals surface area contributed by atoms with Crippen LogP contribution in [0.5, 0.6) is 0 Å². The van der Waals surface area contributed by atoms with E-state index < -0.39 is 34.4 Å². The van der Waals surface area contributed by atoms with Gasteiger partial charge in [0, 0.05) is 12.6 Å². The number of nitrogens with zero attached hydrogens (tertiary/aromatic N) is 2. The van der Waals surface area contributed by atoms with Crippen molar-refractivity contribution < 1.29 is 22.8 Å². The fourth-order valence-corrected chi connectivity index (χ4v) is 5.37. The Morgan fingerprint density at radius 2 is 1.68 bits per heavy atom. The summed E-state index contributed by atoms with van der Waals surface area (Å²) in [5.74, 6) is -1.66. The number of benzene rings is 2.